The van der Waals surface area contributed by atoms with Gasteiger partial charge in [-0.25, -0.2) is 19.1 Å². The molecule has 0 amide bonds. The van der Waals surface area contributed by atoms with Crippen molar-refractivity contribution in [1.29, 1.82) is 0 Å². The Kier molecular flexibility index (Phi) is 4.76. The first-order chi connectivity index (χ1) is 12.7. The number of hydrogen-bond acceptors (Lipinski definition) is 5. The van der Waals surface area contributed by atoms with E-state index in [0.717, 1.165) is 56.1 Å². The van der Waals surface area contributed by atoms with Crippen LogP contribution in [0.3, 0.4) is 0 Å². The second-order valence-corrected chi connectivity index (χ2v) is 7.92. The first-order valence-electron chi connectivity index (χ1n) is 9.24. The van der Waals surface area contributed by atoms with Crippen LogP contribution in [0.2, 0.25) is 0 Å². The molecule has 0 radical (unpaired) electrons. The molecule has 3 aromatic heterocycles. The van der Waals surface area contributed by atoms with Gasteiger partial charge in [0.2, 0.25) is 0 Å². The molecule has 138 valence electrons. The molecule has 0 aliphatic carbocycles. The standard InChI is InChI=1S/C18H24N6OS/c1-3-4-9-24-17(19-15(20-24)11-14-6-5-10-26-14)13-7-8-16-21-22(2)18(25)23(16)12-13/h5-6,10,13H,3-4,7-9,11-12H2,1-2H3. The van der Waals surface area contributed by atoms with Gasteiger partial charge in [0.05, 0.1) is 0 Å². The van der Waals surface area contributed by atoms with E-state index >= 15 is 0 Å². The normalized spacial score (nSPS) is 16.8. The van der Waals surface area contributed by atoms with E-state index in [1.807, 2.05) is 0 Å². The average Bonchev–Trinajstić information content (AvgIpc) is 3.35. The van der Waals surface area contributed by atoms with Crippen LogP contribution in [-0.4, -0.2) is 29.1 Å². The van der Waals surface area contributed by atoms with Crippen molar-refractivity contribution in [2.75, 3.05) is 0 Å². The Balaban J connectivity index is 1.62. The van der Waals surface area contributed by atoms with Crippen molar-refractivity contribution < 1.29 is 0 Å². The molecule has 0 spiro atoms. The molecule has 0 saturated carbocycles. The van der Waals surface area contributed by atoms with Crippen LogP contribution >= 0.6 is 11.3 Å². The number of fused-ring (bicyclic) bond motifs is 1. The molecule has 8 heteroatoms. The summed E-state index contributed by atoms with van der Waals surface area (Å²) < 4.78 is 5.30. The van der Waals surface area contributed by atoms with Crippen molar-refractivity contribution in [3.8, 4) is 0 Å². The summed E-state index contributed by atoms with van der Waals surface area (Å²) in [7, 11) is 1.71. The lowest BCUT2D eigenvalue weighted by Crippen LogP contribution is -2.30. The fourth-order valence-corrected chi connectivity index (χ4v) is 4.27. The second kappa shape index (κ2) is 7.19. The third kappa shape index (κ3) is 3.25. The number of thiophene rings is 1. The van der Waals surface area contributed by atoms with Crippen LogP contribution < -0.4 is 5.69 Å². The lowest BCUT2D eigenvalue weighted by molar-refractivity contribution is 0.406. The van der Waals surface area contributed by atoms with Crippen molar-refractivity contribution in [3.63, 3.8) is 0 Å². The number of hydrogen-bond donors (Lipinski definition) is 0. The van der Waals surface area contributed by atoms with E-state index in [1.54, 1.807) is 23.0 Å². The van der Waals surface area contributed by atoms with Crippen LogP contribution in [0.15, 0.2) is 22.3 Å². The highest BCUT2D eigenvalue weighted by molar-refractivity contribution is 7.09. The van der Waals surface area contributed by atoms with Crippen molar-refractivity contribution >= 4 is 11.3 Å². The van der Waals surface area contributed by atoms with Gasteiger partial charge in [-0.3, -0.25) is 4.57 Å². The number of rotatable bonds is 6. The van der Waals surface area contributed by atoms with Gasteiger partial charge in [-0.1, -0.05) is 19.4 Å². The molecule has 1 atom stereocenters. The fourth-order valence-electron chi connectivity index (χ4n) is 3.57. The van der Waals surface area contributed by atoms with Gasteiger partial charge in [-0.15, -0.1) is 11.3 Å². The molecular weight excluding hydrogens is 348 g/mol. The summed E-state index contributed by atoms with van der Waals surface area (Å²) in [6.07, 6.45) is 4.74. The van der Waals surface area contributed by atoms with Gasteiger partial charge < -0.3 is 0 Å². The van der Waals surface area contributed by atoms with Crippen molar-refractivity contribution in [2.45, 2.75) is 58.0 Å². The number of aromatic nitrogens is 6. The monoisotopic (exact) mass is 372 g/mol. The zero-order valence-corrected chi connectivity index (χ0v) is 16.1. The zero-order valence-electron chi connectivity index (χ0n) is 15.3. The molecular formula is C18H24N6OS. The van der Waals surface area contributed by atoms with E-state index in [4.69, 9.17) is 10.1 Å². The van der Waals surface area contributed by atoms with Crippen LogP contribution in [-0.2, 0) is 33.0 Å². The second-order valence-electron chi connectivity index (χ2n) is 6.89. The third-order valence-corrected chi connectivity index (χ3v) is 5.83. The minimum absolute atomic E-state index is 0.0388. The smallest absolute Gasteiger partial charge is 0.278 e. The lowest BCUT2D eigenvalue weighted by Gasteiger charge is -2.22. The number of unbranched alkanes of at least 4 members (excludes halogenated alkanes) is 1. The van der Waals surface area contributed by atoms with Gasteiger partial charge in [0.25, 0.3) is 0 Å². The van der Waals surface area contributed by atoms with E-state index in [0.29, 0.717) is 6.54 Å². The Morgan fingerprint density at radius 3 is 3.00 bits per heavy atom. The molecule has 0 bridgehead atoms. The van der Waals surface area contributed by atoms with Gasteiger partial charge in [0, 0.05) is 43.8 Å². The summed E-state index contributed by atoms with van der Waals surface area (Å²) >= 11 is 1.74. The summed E-state index contributed by atoms with van der Waals surface area (Å²) in [6.45, 7) is 3.71. The van der Waals surface area contributed by atoms with Gasteiger partial charge in [0.1, 0.15) is 11.6 Å². The van der Waals surface area contributed by atoms with Crippen LogP contribution in [0, 0.1) is 0 Å². The van der Waals surface area contributed by atoms with Gasteiger partial charge >= 0.3 is 5.69 Å². The summed E-state index contributed by atoms with van der Waals surface area (Å²) in [4.78, 5) is 18.4. The highest BCUT2D eigenvalue weighted by Gasteiger charge is 2.28. The summed E-state index contributed by atoms with van der Waals surface area (Å²) in [5.74, 6) is 2.99. The van der Waals surface area contributed by atoms with E-state index in [2.05, 4.69) is 34.2 Å². The topological polar surface area (TPSA) is 70.5 Å². The molecule has 0 N–H and O–H groups in total. The summed E-state index contributed by atoms with van der Waals surface area (Å²) in [6, 6.07) is 4.19. The summed E-state index contributed by atoms with van der Waals surface area (Å²) in [5.41, 5.74) is -0.0388. The van der Waals surface area contributed by atoms with Crippen molar-refractivity contribution in [3.05, 3.63) is 50.3 Å². The molecule has 4 rings (SSSR count). The van der Waals surface area contributed by atoms with Crippen LogP contribution in [0.1, 0.15) is 54.5 Å². The Morgan fingerprint density at radius 2 is 2.23 bits per heavy atom. The van der Waals surface area contributed by atoms with Crippen molar-refractivity contribution in [1.82, 2.24) is 29.1 Å². The minimum Gasteiger partial charge on any atom is -0.278 e. The third-order valence-electron chi connectivity index (χ3n) is 4.95. The molecule has 1 unspecified atom stereocenters. The quantitative estimate of drug-likeness (QED) is 0.666. The van der Waals surface area contributed by atoms with Crippen LogP contribution in [0.25, 0.3) is 0 Å². The highest BCUT2D eigenvalue weighted by atomic mass is 32.1. The molecule has 26 heavy (non-hydrogen) atoms. The Labute approximate surface area is 156 Å². The van der Waals surface area contributed by atoms with E-state index < -0.39 is 0 Å². The Morgan fingerprint density at radius 1 is 1.35 bits per heavy atom. The summed E-state index contributed by atoms with van der Waals surface area (Å²) in [5, 5.41) is 11.2. The molecule has 0 aromatic carbocycles. The maximum absolute atomic E-state index is 12.3. The molecule has 4 heterocycles. The molecule has 1 aliphatic heterocycles. The Hall–Kier alpha value is -2.22. The van der Waals surface area contributed by atoms with E-state index in [-0.39, 0.29) is 11.6 Å². The van der Waals surface area contributed by atoms with Crippen molar-refractivity contribution in [2.24, 2.45) is 7.05 Å². The number of nitrogens with zero attached hydrogens (tertiary/aromatic N) is 6. The van der Waals surface area contributed by atoms with Crippen LogP contribution in [0.5, 0.6) is 0 Å². The largest absolute Gasteiger partial charge is 0.345 e. The average molecular weight is 372 g/mol. The van der Waals surface area contributed by atoms with Gasteiger partial charge in [-0.2, -0.15) is 10.2 Å². The van der Waals surface area contributed by atoms with Gasteiger partial charge in [-0.05, 0) is 24.3 Å². The first kappa shape index (κ1) is 17.2. The lowest BCUT2D eigenvalue weighted by atomic mass is 9.98. The van der Waals surface area contributed by atoms with E-state index in [1.165, 1.54) is 9.56 Å². The molecule has 7 nitrogen and oxygen atoms in total. The zero-order chi connectivity index (χ0) is 18.1. The predicted octanol–water partition coefficient (Wildman–Crippen LogP) is 2.36. The molecule has 0 saturated heterocycles. The fraction of sp³-hybridized carbons (Fsp3) is 0.556. The number of aryl methyl sites for hydroxylation is 3. The maximum atomic E-state index is 12.3. The minimum atomic E-state index is -0.0388. The molecule has 1 aliphatic rings. The SMILES string of the molecule is CCCCn1nc(Cc2cccs2)nc1C1CCc2nn(C)c(=O)n2C1. The van der Waals surface area contributed by atoms with Gasteiger partial charge in [0.15, 0.2) is 5.82 Å². The highest BCUT2D eigenvalue weighted by Crippen LogP contribution is 2.27. The Bertz CT molecular complexity index is 936. The van der Waals surface area contributed by atoms with Crippen LogP contribution in [0.4, 0.5) is 0 Å². The molecule has 3 aromatic rings. The predicted molar refractivity (Wildman–Crippen MR) is 101 cm³/mol. The maximum Gasteiger partial charge on any atom is 0.345 e. The first-order valence-corrected chi connectivity index (χ1v) is 10.1. The molecule has 0 fully saturated rings. The van der Waals surface area contributed by atoms with E-state index in [9.17, 15) is 4.79 Å².